The zero-order valence-corrected chi connectivity index (χ0v) is 22.2. The number of rotatable bonds is 11. The molecule has 0 saturated heterocycles. The van der Waals surface area contributed by atoms with E-state index in [-0.39, 0.29) is 31.0 Å². The maximum absolute atomic E-state index is 13.7. The van der Waals surface area contributed by atoms with Crippen LogP contribution in [-0.2, 0) is 22.6 Å². The Morgan fingerprint density at radius 3 is 2.39 bits per heavy atom. The fourth-order valence-corrected chi connectivity index (χ4v) is 4.13. The maximum Gasteiger partial charge on any atom is 0.261 e. The molecule has 0 unspecified atom stereocenters. The monoisotopic (exact) mass is 506 g/mol. The van der Waals surface area contributed by atoms with E-state index in [2.05, 4.69) is 5.32 Å². The summed E-state index contributed by atoms with van der Waals surface area (Å²) in [5.74, 6) is 0.209. The van der Waals surface area contributed by atoms with Gasteiger partial charge < -0.3 is 15.0 Å². The first-order valence-corrected chi connectivity index (χ1v) is 12.7. The van der Waals surface area contributed by atoms with Crippen molar-refractivity contribution in [3.05, 3.63) is 100 Å². The normalized spacial score (nSPS) is 12.5. The summed E-state index contributed by atoms with van der Waals surface area (Å²) in [5, 5.41) is 3.65. The van der Waals surface area contributed by atoms with Crippen molar-refractivity contribution in [3.63, 3.8) is 0 Å². The van der Waals surface area contributed by atoms with E-state index in [0.29, 0.717) is 17.2 Å². The molecule has 36 heavy (non-hydrogen) atoms. The SMILES string of the molecule is CC[C@@H](C)NC(=O)[C@H](Cc1ccccc1)N(Cc1cccc(Cl)c1)C(=O)COc1cc(C)ccc1C. The lowest BCUT2D eigenvalue weighted by molar-refractivity contribution is -0.143. The number of ether oxygens (including phenoxy) is 1. The molecular weight excluding hydrogens is 472 g/mol. The van der Waals surface area contributed by atoms with Gasteiger partial charge in [-0.15, -0.1) is 0 Å². The zero-order chi connectivity index (χ0) is 26.1. The molecule has 0 bridgehead atoms. The number of benzene rings is 3. The Morgan fingerprint density at radius 1 is 0.972 bits per heavy atom. The van der Waals surface area contributed by atoms with Gasteiger partial charge in [-0.05, 0) is 67.6 Å². The van der Waals surface area contributed by atoms with E-state index in [1.807, 2.05) is 94.4 Å². The first-order chi connectivity index (χ1) is 17.3. The van der Waals surface area contributed by atoms with Gasteiger partial charge in [0.15, 0.2) is 6.61 Å². The molecule has 6 heteroatoms. The number of amides is 2. The number of hydrogen-bond donors (Lipinski definition) is 1. The Morgan fingerprint density at radius 2 is 1.69 bits per heavy atom. The largest absolute Gasteiger partial charge is 0.483 e. The number of aryl methyl sites for hydroxylation is 2. The molecule has 2 atom stereocenters. The van der Waals surface area contributed by atoms with E-state index in [1.165, 1.54) is 0 Å². The van der Waals surface area contributed by atoms with Crippen LogP contribution in [0.4, 0.5) is 0 Å². The fraction of sp³-hybridized carbons (Fsp3) is 0.333. The second-order valence-electron chi connectivity index (χ2n) is 9.23. The first kappa shape index (κ1) is 27.3. The number of halogens is 1. The van der Waals surface area contributed by atoms with Crippen molar-refractivity contribution in [2.45, 2.75) is 59.2 Å². The molecule has 190 valence electrons. The van der Waals surface area contributed by atoms with Crippen molar-refractivity contribution >= 4 is 23.4 Å². The molecule has 3 rings (SSSR count). The first-order valence-electron chi connectivity index (χ1n) is 12.3. The Balaban J connectivity index is 1.93. The standard InChI is InChI=1S/C30H35ClN2O3/c1-5-23(4)32-30(35)27(18-24-10-7-6-8-11-24)33(19-25-12-9-13-26(31)17-25)29(34)20-36-28-16-21(2)14-15-22(28)3/h6-17,23,27H,5,18-20H2,1-4H3,(H,32,35)/t23-,27+/m1/s1. The molecular formula is C30H35ClN2O3. The van der Waals surface area contributed by atoms with Crippen LogP contribution in [0.2, 0.25) is 5.02 Å². The zero-order valence-electron chi connectivity index (χ0n) is 21.5. The summed E-state index contributed by atoms with van der Waals surface area (Å²) >= 11 is 6.23. The second-order valence-corrected chi connectivity index (χ2v) is 9.67. The van der Waals surface area contributed by atoms with Crippen molar-refractivity contribution < 1.29 is 14.3 Å². The molecule has 0 heterocycles. The average Bonchev–Trinajstić information content (AvgIpc) is 2.87. The van der Waals surface area contributed by atoms with Crippen LogP contribution in [-0.4, -0.2) is 35.4 Å². The summed E-state index contributed by atoms with van der Waals surface area (Å²) in [6, 6.07) is 22.3. The van der Waals surface area contributed by atoms with Crippen LogP contribution in [0.25, 0.3) is 0 Å². The van der Waals surface area contributed by atoms with Gasteiger partial charge in [0.25, 0.3) is 5.91 Å². The highest BCUT2D eigenvalue weighted by molar-refractivity contribution is 6.30. The summed E-state index contributed by atoms with van der Waals surface area (Å²) in [4.78, 5) is 28.8. The smallest absolute Gasteiger partial charge is 0.261 e. The second kappa shape index (κ2) is 13.1. The average molecular weight is 507 g/mol. The predicted molar refractivity (Wildman–Crippen MR) is 145 cm³/mol. The molecule has 0 aliphatic carbocycles. The van der Waals surface area contributed by atoms with E-state index < -0.39 is 6.04 Å². The fourth-order valence-electron chi connectivity index (χ4n) is 3.91. The molecule has 0 saturated carbocycles. The topological polar surface area (TPSA) is 58.6 Å². The molecule has 0 aliphatic rings. The number of nitrogens with one attached hydrogen (secondary N) is 1. The van der Waals surface area contributed by atoms with Gasteiger partial charge in [0.2, 0.25) is 5.91 Å². The Kier molecular flexibility index (Phi) is 9.95. The van der Waals surface area contributed by atoms with Gasteiger partial charge in [-0.1, -0.05) is 73.1 Å². The minimum atomic E-state index is -0.713. The van der Waals surface area contributed by atoms with Crippen LogP contribution in [0.5, 0.6) is 5.75 Å². The minimum absolute atomic E-state index is 0.00918. The lowest BCUT2D eigenvalue weighted by atomic mass is 10.0. The highest BCUT2D eigenvalue weighted by Crippen LogP contribution is 2.21. The molecule has 2 amide bonds. The lowest BCUT2D eigenvalue weighted by Crippen LogP contribution is -2.53. The van der Waals surface area contributed by atoms with Gasteiger partial charge in [-0.3, -0.25) is 9.59 Å². The van der Waals surface area contributed by atoms with E-state index in [1.54, 1.807) is 11.0 Å². The summed E-state index contributed by atoms with van der Waals surface area (Å²) in [5.41, 5.74) is 3.82. The Labute approximate surface area is 219 Å². The summed E-state index contributed by atoms with van der Waals surface area (Å²) < 4.78 is 5.96. The third-order valence-electron chi connectivity index (χ3n) is 6.21. The van der Waals surface area contributed by atoms with Crippen LogP contribution >= 0.6 is 11.6 Å². The molecule has 0 fully saturated rings. The van der Waals surface area contributed by atoms with E-state index in [9.17, 15) is 9.59 Å². The number of carbonyl (C=O) groups excluding carboxylic acids is 2. The molecule has 3 aromatic rings. The van der Waals surface area contributed by atoms with E-state index in [0.717, 1.165) is 28.7 Å². The highest BCUT2D eigenvalue weighted by atomic mass is 35.5. The minimum Gasteiger partial charge on any atom is -0.483 e. The molecule has 5 nitrogen and oxygen atoms in total. The van der Waals surface area contributed by atoms with Crippen molar-refractivity contribution in [1.82, 2.24) is 10.2 Å². The highest BCUT2D eigenvalue weighted by Gasteiger charge is 2.31. The van der Waals surface area contributed by atoms with Gasteiger partial charge in [0, 0.05) is 24.0 Å². The third-order valence-corrected chi connectivity index (χ3v) is 6.44. The van der Waals surface area contributed by atoms with Gasteiger partial charge in [0.05, 0.1) is 0 Å². The van der Waals surface area contributed by atoms with Crippen molar-refractivity contribution in [3.8, 4) is 5.75 Å². The summed E-state index contributed by atoms with van der Waals surface area (Å²) in [6.07, 6.45) is 1.18. The van der Waals surface area contributed by atoms with Crippen LogP contribution in [0.15, 0.2) is 72.8 Å². The Hall–Kier alpha value is -3.31. The van der Waals surface area contributed by atoms with Gasteiger partial charge in [0.1, 0.15) is 11.8 Å². The molecule has 0 radical (unpaired) electrons. The predicted octanol–water partition coefficient (Wildman–Crippen LogP) is 5.89. The number of carbonyl (C=O) groups is 2. The quantitative estimate of drug-likeness (QED) is 0.352. The molecule has 0 aromatic heterocycles. The maximum atomic E-state index is 13.7. The van der Waals surface area contributed by atoms with E-state index in [4.69, 9.17) is 16.3 Å². The van der Waals surface area contributed by atoms with E-state index >= 15 is 0 Å². The number of nitrogens with zero attached hydrogens (tertiary/aromatic N) is 1. The van der Waals surface area contributed by atoms with Crippen LogP contribution in [0.3, 0.4) is 0 Å². The lowest BCUT2D eigenvalue weighted by Gasteiger charge is -2.32. The number of hydrogen-bond acceptors (Lipinski definition) is 3. The molecule has 3 aromatic carbocycles. The van der Waals surface area contributed by atoms with Crippen LogP contribution in [0, 0.1) is 13.8 Å². The van der Waals surface area contributed by atoms with Gasteiger partial charge in [-0.25, -0.2) is 0 Å². The molecule has 0 aliphatic heterocycles. The van der Waals surface area contributed by atoms with Gasteiger partial charge >= 0.3 is 0 Å². The van der Waals surface area contributed by atoms with Crippen molar-refractivity contribution in [1.29, 1.82) is 0 Å². The van der Waals surface area contributed by atoms with Crippen LogP contribution in [0.1, 0.15) is 42.5 Å². The summed E-state index contributed by atoms with van der Waals surface area (Å²) in [6.45, 7) is 7.97. The van der Waals surface area contributed by atoms with Crippen molar-refractivity contribution in [2.75, 3.05) is 6.61 Å². The molecule has 0 spiro atoms. The molecule has 1 N–H and O–H groups in total. The van der Waals surface area contributed by atoms with Crippen molar-refractivity contribution in [2.24, 2.45) is 0 Å². The van der Waals surface area contributed by atoms with Crippen LogP contribution < -0.4 is 10.1 Å². The Bertz CT molecular complexity index is 1170. The summed E-state index contributed by atoms with van der Waals surface area (Å²) in [7, 11) is 0. The third kappa shape index (κ3) is 7.85. The van der Waals surface area contributed by atoms with Gasteiger partial charge in [-0.2, -0.15) is 0 Å².